The van der Waals surface area contributed by atoms with Gasteiger partial charge in [-0.15, -0.1) is 0 Å². The monoisotopic (exact) mass is 274 g/mol. The molecule has 108 valence electrons. The first-order chi connectivity index (χ1) is 9.70. The number of rotatable bonds is 7. The van der Waals surface area contributed by atoms with E-state index in [4.69, 9.17) is 4.42 Å². The summed E-state index contributed by atoms with van der Waals surface area (Å²) in [4.78, 5) is 11.6. The Kier molecular flexibility index (Phi) is 5.18. The van der Waals surface area contributed by atoms with Crippen molar-refractivity contribution < 1.29 is 9.21 Å². The van der Waals surface area contributed by atoms with E-state index in [9.17, 15) is 4.79 Å². The van der Waals surface area contributed by atoms with Gasteiger partial charge in [0.1, 0.15) is 5.58 Å². The zero-order valence-corrected chi connectivity index (χ0v) is 12.1. The molecule has 1 heterocycles. The number of para-hydroxylation sites is 1. The zero-order chi connectivity index (χ0) is 14.4. The van der Waals surface area contributed by atoms with Gasteiger partial charge in [0.15, 0.2) is 0 Å². The van der Waals surface area contributed by atoms with Crippen LogP contribution in [0.25, 0.3) is 11.0 Å². The van der Waals surface area contributed by atoms with Gasteiger partial charge in [-0.2, -0.15) is 0 Å². The topological polar surface area (TPSA) is 54.3 Å². The number of carbonyl (C=O) groups is 1. The molecule has 1 aromatic heterocycles. The second-order valence-corrected chi connectivity index (χ2v) is 5.06. The zero-order valence-electron chi connectivity index (χ0n) is 12.1. The van der Waals surface area contributed by atoms with Gasteiger partial charge < -0.3 is 15.1 Å². The molecule has 0 saturated heterocycles. The van der Waals surface area contributed by atoms with Gasteiger partial charge in [-0.25, -0.2) is 0 Å². The molecule has 0 saturated carbocycles. The fraction of sp³-hybridized carbons (Fsp3) is 0.438. The van der Waals surface area contributed by atoms with Gasteiger partial charge >= 0.3 is 0 Å². The van der Waals surface area contributed by atoms with Gasteiger partial charge in [0.05, 0.1) is 6.26 Å². The van der Waals surface area contributed by atoms with Crippen LogP contribution in [0.2, 0.25) is 0 Å². The van der Waals surface area contributed by atoms with E-state index in [2.05, 4.69) is 17.6 Å². The smallest absolute Gasteiger partial charge is 0.221 e. The summed E-state index contributed by atoms with van der Waals surface area (Å²) in [5.41, 5.74) is 2.03. The lowest BCUT2D eigenvalue weighted by molar-refractivity contribution is -0.121. The summed E-state index contributed by atoms with van der Waals surface area (Å²) >= 11 is 0. The van der Waals surface area contributed by atoms with Crippen LogP contribution in [0.4, 0.5) is 0 Å². The van der Waals surface area contributed by atoms with E-state index in [1.54, 1.807) is 6.26 Å². The molecule has 0 aliphatic rings. The van der Waals surface area contributed by atoms with Gasteiger partial charge in [0.2, 0.25) is 5.91 Å². The fourth-order valence-corrected chi connectivity index (χ4v) is 2.04. The van der Waals surface area contributed by atoms with Gasteiger partial charge in [0.25, 0.3) is 0 Å². The minimum atomic E-state index is 0.101. The van der Waals surface area contributed by atoms with E-state index in [1.807, 2.05) is 31.2 Å². The number of amides is 1. The van der Waals surface area contributed by atoms with Crippen LogP contribution < -0.4 is 10.6 Å². The van der Waals surface area contributed by atoms with Crippen LogP contribution >= 0.6 is 0 Å². The first kappa shape index (κ1) is 14.6. The Hall–Kier alpha value is -1.81. The number of fused-ring (bicyclic) bond motifs is 1. The third-order valence-electron chi connectivity index (χ3n) is 3.43. The number of nitrogens with one attached hydrogen (secondary N) is 2. The highest BCUT2D eigenvalue weighted by molar-refractivity contribution is 5.80. The van der Waals surface area contributed by atoms with E-state index >= 15 is 0 Å². The first-order valence-electron chi connectivity index (χ1n) is 7.16. The van der Waals surface area contributed by atoms with Gasteiger partial charge in [-0.05, 0) is 19.4 Å². The lowest BCUT2D eigenvalue weighted by Gasteiger charge is -2.11. The molecule has 4 heteroatoms. The van der Waals surface area contributed by atoms with Crippen LogP contribution in [-0.2, 0) is 11.3 Å². The summed E-state index contributed by atoms with van der Waals surface area (Å²) in [7, 11) is 0. The van der Waals surface area contributed by atoms with E-state index in [1.165, 1.54) is 0 Å². The third-order valence-corrected chi connectivity index (χ3v) is 3.43. The second-order valence-electron chi connectivity index (χ2n) is 5.06. The number of hydrogen-bond acceptors (Lipinski definition) is 3. The van der Waals surface area contributed by atoms with Gasteiger partial charge in [-0.3, -0.25) is 4.79 Å². The predicted molar refractivity (Wildman–Crippen MR) is 80.4 cm³/mol. The molecule has 2 aromatic rings. The largest absolute Gasteiger partial charge is 0.464 e. The standard InChI is InChI=1S/C16H22N2O2/c1-3-12(2)18-16(19)8-9-17-10-13-11-20-15-7-5-4-6-14(13)15/h4-7,11-12,17H,3,8-10H2,1-2H3,(H,18,19). The molecule has 0 aliphatic heterocycles. The van der Waals surface area contributed by atoms with Crippen LogP contribution in [0.15, 0.2) is 34.9 Å². The Bertz CT molecular complexity index is 562. The summed E-state index contributed by atoms with van der Waals surface area (Å²) in [5, 5.41) is 7.37. The molecule has 2 rings (SSSR count). The SMILES string of the molecule is CCC(C)NC(=O)CCNCc1coc2ccccc12. The van der Waals surface area contributed by atoms with Crippen molar-refractivity contribution in [2.24, 2.45) is 0 Å². The number of carbonyl (C=O) groups excluding carboxylic acids is 1. The summed E-state index contributed by atoms with van der Waals surface area (Å²) in [6, 6.07) is 8.22. The van der Waals surface area contributed by atoms with Crippen LogP contribution in [0.5, 0.6) is 0 Å². The maximum absolute atomic E-state index is 11.6. The van der Waals surface area contributed by atoms with Crippen molar-refractivity contribution in [2.75, 3.05) is 6.54 Å². The van der Waals surface area contributed by atoms with Crippen molar-refractivity contribution >= 4 is 16.9 Å². The summed E-state index contributed by atoms with van der Waals surface area (Å²) < 4.78 is 5.48. The molecule has 4 nitrogen and oxygen atoms in total. The van der Waals surface area contributed by atoms with Crippen molar-refractivity contribution in [3.63, 3.8) is 0 Å². The maximum Gasteiger partial charge on any atom is 0.221 e. The Morgan fingerprint density at radius 1 is 1.35 bits per heavy atom. The second kappa shape index (κ2) is 7.10. The average Bonchev–Trinajstić information content (AvgIpc) is 2.87. The first-order valence-corrected chi connectivity index (χ1v) is 7.16. The minimum absolute atomic E-state index is 0.101. The molecule has 0 fully saturated rings. The van der Waals surface area contributed by atoms with E-state index in [0.717, 1.165) is 23.0 Å². The van der Waals surface area contributed by atoms with Crippen molar-refractivity contribution in [1.29, 1.82) is 0 Å². The normalized spacial score (nSPS) is 12.5. The van der Waals surface area contributed by atoms with E-state index in [0.29, 0.717) is 19.5 Å². The Morgan fingerprint density at radius 2 is 2.15 bits per heavy atom. The van der Waals surface area contributed by atoms with Crippen molar-refractivity contribution in [3.8, 4) is 0 Å². The number of hydrogen-bond donors (Lipinski definition) is 2. The lowest BCUT2D eigenvalue weighted by atomic mass is 10.2. The lowest BCUT2D eigenvalue weighted by Crippen LogP contribution is -2.33. The third kappa shape index (κ3) is 3.84. The fourth-order valence-electron chi connectivity index (χ4n) is 2.04. The summed E-state index contributed by atoms with van der Waals surface area (Å²) in [6.45, 7) is 5.46. The molecule has 1 unspecified atom stereocenters. The molecule has 0 radical (unpaired) electrons. The highest BCUT2D eigenvalue weighted by Crippen LogP contribution is 2.20. The van der Waals surface area contributed by atoms with Crippen LogP contribution in [-0.4, -0.2) is 18.5 Å². The highest BCUT2D eigenvalue weighted by atomic mass is 16.3. The minimum Gasteiger partial charge on any atom is -0.464 e. The van der Waals surface area contributed by atoms with Crippen LogP contribution in [0.1, 0.15) is 32.3 Å². The van der Waals surface area contributed by atoms with Crippen molar-refractivity contribution in [3.05, 3.63) is 36.1 Å². The quantitative estimate of drug-likeness (QED) is 0.763. The molecule has 1 atom stereocenters. The summed E-state index contributed by atoms with van der Waals surface area (Å²) in [5.74, 6) is 0.101. The average molecular weight is 274 g/mol. The van der Waals surface area contributed by atoms with Crippen molar-refractivity contribution in [2.45, 2.75) is 39.3 Å². The van der Waals surface area contributed by atoms with Gasteiger partial charge in [-0.1, -0.05) is 25.1 Å². The van der Waals surface area contributed by atoms with Crippen LogP contribution in [0, 0.1) is 0 Å². The predicted octanol–water partition coefficient (Wildman–Crippen LogP) is 2.83. The molecule has 1 aromatic carbocycles. The van der Waals surface area contributed by atoms with Gasteiger partial charge in [0, 0.05) is 36.5 Å². The molecule has 0 bridgehead atoms. The number of furan rings is 1. The Morgan fingerprint density at radius 3 is 2.95 bits per heavy atom. The Labute approximate surface area is 119 Å². The van der Waals surface area contributed by atoms with E-state index in [-0.39, 0.29) is 11.9 Å². The van der Waals surface area contributed by atoms with Crippen molar-refractivity contribution in [1.82, 2.24) is 10.6 Å². The molecular weight excluding hydrogens is 252 g/mol. The Balaban J connectivity index is 1.75. The molecule has 0 aliphatic carbocycles. The molecule has 2 N–H and O–H groups in total. The summed E-state index contributed by atoms with van der Waals surface area (Å²) in [6.07, 6.45) is 3.23. The molecule has 0 spiro atoms. The molecular formula is C16H22N2O2. The highest BCUT2D eigenvalue weighted by Gasteiger charge is 2.06. The van der Waals surface area contributed by atoms with E-state index < -0.39 is 0 Å². The number of benzene rings is 1. The molecule has 20 heavy (non-hydrogen) atoms. The maximum atomic E-state index is 11.6. The van der Waals surface area contributed by atoms with Crippen LogP contribution in [0.3, 0.4) is 0 Å². The molecule has 1 amide bonds.